The van der Waals surface area contributed by atoms with Gasteiger partial charge in [0.1, 0.15) is 0 Å². The van der Waals surface area contributed by atoms with Crippen molar-refractivity contribution in [1.29, 1.82) is 0 Å². The lowest BCUT2D eigenvalue weighted by Gasteiger charge is -2.29. The van der Waals surface area contributed by atoms with Crippen molar-refractivity contribution in [3.05, 3.63) is 65.0 Å². The van der Waals surface area contributed by atoms with E-state index in [4.69, 9.17) is 0 Å². The first-order valence-electron chi connectivity index (χ1n) is 10.0. The Balaban J connectivity index is 1.50. The zero-order valence-electron chi connectivity index (χ0n) is 15.7. The topological polar surface area (TPSA) is 12.9 Å². The smallest absolute Gasteiger partial charge is 0.225 e. The summed E-state index contributed by atoms with van der Waals surface area (Å²) in [4.78, 5) is 3.45. The number of aromatic nitrogens is 1. The molecule has 1 saturated carbocycles. The molecule has 0 unspecified atom stereocenters. The van der Waals surface area contributed by atoms with Crippen molar-refractivity contribution in [1.82, 2.24) is 4.98 Å². The van der Waals surface area contributed by atoms with E-state index >= 15 is 0 Å². The molecule has 0 amide bonds. The van der Waals surface area contributed by atoms with E-state index in [1.807, 2.05) is 0 Å². The molecule has 140 valence electrons. The zero-order chi connectivity index (χ0) is 18.4. The van der Waals surface area contributed by atoms with Gasteiger partial charge in [0.25, 0.3) is 0 Å². The number of nitrogens with zero attached hydrogens (tertiary/aromatic N) is 1. The third-order valence-corrected chi connectivity index (χ3v) is 5.82. The predicted molar refractivity (Wildman–Crippen MR) is 102 cm³/mol. The number of aryl methyl sites for hydroxylation is 2. The Morgan fingerprint density at radius 3 is 2.31 bits per heavy atom. The minimum atomic E-state index is -1.03. The van der Waals surface area contributed by atoms with E-state index in [2.05, 4.69) is 36.2 Å². The standard InChI is InChI=1S/C23H29F2N/c1-2-3-4-17-7-11-20(12-8-17)21-13-9-18(10-14-21)5-6-19-15-22(24)23(25)26-16-19/h9-10,13-17,20H,2-8,11-12H2,1H3. The van der Waals surface area contributed by atoms with Gasteiger partial charge >= 0.3 is 0 Å². The van der Waals surface area contributed by atoms with Crippen molar-refractivity contribution in [2.45, 2.75) is 70.6 Å². The summed E-state index contributed by atoms with van der Waals surface area (Å²) >= 11 is 0. The van der Waals surface area contributed by atoms with Crippen LogP contribution < -0.4 is 0 Å². The van der Waals surface area contributed by atoms with Crippen LogP contribution in [-0.4, -0.2) is 4.98 Å². The van der Waals surface area contributed by atoms with Crippen molar-refractivity contribution >= 4 is 0 Å². The summed E-state index contributed by atoms with van der Waals surface area (Å²) in [5, 5.41) is 0. The van der Waals surface area contributed by atoms with Crippen LogP contribution in [-0.2, 0) is 12.8 Å². The van der Waals surface area contributed by atoms with Gasteiger partial charge in [0, 0.05) is 6.20 Å². The average molecular weight is 357 g/mol. The third kappa shape index (κ3) is 5.12. The molecule has 0 atom stereocenters. The summed E-state index contributed by atoms with van der Waals surface area (Å²) in [6.45, 7) is 2.27. The van der Waals surface area contributed by atoms with Gasteiger partial charge in [0.05, 0.1) is 0 Å². The highest BCUT2D eigenvalue weighted by molar-refractivity contribution is 5.27. The van der Waals surface area contributed by atoms with Gasteiger partial charge in [-0.15, -0.1) is 0 Å². The minimum absolute atomic E-state index is 0.673. The number of hydrogen-bond donors (Lipinski definition) is 0. The van der Waals surface area contributed by atoms with Crippen molar-refractivity contribution in [3.8, 4) is 0 Å². The first-order valence-corrected chi connectivity index (χ1v) is 10.0. The van der Waals surface area contributed by atoms with Gasteiger partial charge in [0.15, 0.2) is 5.82 Å². The monoisotopic (exact) mass is 357 g/mol. The summed E-state index contributed by atoms with van der Waals surface area (Å²) < 4.78 is 26.1. The summed E-state index contributed by atoms with van der Waals surface area (Å²) in [7, 11) is 0. The Morgan fingerprint density at radius 2 is 1.65 bits per heavy atom. The molecule has 3 heteroatoms. The Bertz CT molecular complexity index is 688. The van der Waals surface area contributed by atoms with Gasteiger partial charge in [-0.3, -0.25) is 0 Å². The van der Waals surface area contributed by atoms with Crippen molar-refractivity contribution < 1.29 is 8.78 Å². The molecule has 26 heavy (non-hydrogen) atoms. The minimum Gasteiger partial charge on any atom is -0.225 e. The van der Waals surface area contributed by atoms with Crippen LogP contribution in [0.3, 0.4) is 0 Å². The molecule has 0 radical (unpaired) electrons. The van der Waals surface area contributed by atoms with Gasteiger partial charge in [-0.1, -0.05) is 50.5 Å². The molecule has 0 bridgehead atoms. The number of rotatable bonds is 7. The van der Waals surface area contributed by atoms with Crippen molar-refractivity contribution in [3.63, 3.8) is 0 Å². The number of hydrogen-bond acceptors (Lipinski definition) is 1. The highest BCUT2D eigenvalue weighted by Gasteiger charge is 2.21. The summed E-state index contributed by atoms with van der Waals surface area (Å²) in [5.74, 6) is -0.248. The van der Waals surface area contributed by atoms with Gasteiger partial charge in [0.2, 0.25) is 5.95 Å². The molecular formula is C23H29F2N. The molecule has 2 aromatic rings. The number of unbranched alkanes of at least 4 members (excludes halogenated alkanes) is 1. The number of benzene rings is 1. The Kier molecular flexibility index (Phi) is 6.76. The van der Waals surface area contributed by atoms with Gasteiger partial charge in [-0.05, 0) is 73.1 Å². The second-order valence-corrected chi connectivity index (χ2v) is 7.72. The maximum absolute atomic E-state index is 13.2. The molecule has 1 aromatic heterocycles. The molecule has 0 spiro atoms. The average Bonchev–Trinajstić information content (AvgIpc) is 2.68. The molecule has 0 aliphatic heterocycles. The van der Waals surface area contributed by atoms with Gasteiger partial charge in [-0.2, -0.15) is 4.39 Å². The second-order valence-electron chi connectivity index (χ2n) is 7.72. The number of pyridine rings is 1. The third-order valence-electron chi connectivity index (χ3n) is 5.82. The van der Waals surface area contributed by atoms with E-state index in [-0.39, 0.29) is 0 Å². The Hall–Kier alpha value is -1.77. The highest BCUT2D eigenvalue weighted by Crippen LogP contribution is 2.37. The lowest BCUT2D eigenvalue weighted by Crippen LogP contribution is -2.13. The molecule has 1 aliphatic rings. The first-order chi connectivity index (χ1) is 12.7. The van der Waals surface area contributed by atoms with Crippen LogP contribution in [0.25, 0.3) is 0 Å². The van der Waals surface area contributed by atoms with Crippen LogP contribution >= 0.6 is 0 Å². The highest BCUT2D eigenvalue weighted by atomic mass is 19.2. The van der Waals surface area contributed by atoms with Gasteiger partial charge in [-0.25, -0.2) is 9.37 Å². The fraction of sp³-hybridized carbons (Fsp3) is 0.522. The maximum atomic E-state index is 13.2. The first kappa shape index (κ1) is 19.0. The molecule has 1 aliphatic carbocycles. The largest absolute Gasteiger partial charge is 0.248 e. The SMILES string of the molecule is CCCCC1CCC(c2ccc(CCc3cnc(F)c(F)c3)cc2)CC1. The molecule has 1 aromatic carbocycles. The summed E-state index contributed by atoms with van der Waals surface area (Å²) in [6.07, 6.45) is 12.4. The normalized spacial score (nSPS) is 20.3. The molecule has 1 fully saturated rings. The fourth-order valence-corrected chi connectivity index (χ4v) is 4.12. The van der Waals surface area contributed by atoms with Crippen molar-refractivity contribution in [2.75, 3.05) is 0 Å². The van der Waals surface area contributed by atoms with Gasteiger partial charge < -0.3 is 0 Å². The quantitative estimate of drug-likeness (QED) is 0.508. The second kappa shape index (κ2) is 9.25. The van der Waals surface area contributed by atoms with Crippen molar-refractivity contribution in [2.24, 2.45) is 5.92 Å². The molecule has 0 saturated heterocycles. The fourth-order valence-electron chi connectivity index (χ4n) is 4.12. The van der Waals surface area contributed by atoms with Crippen LogP contribution in [0.1, 0.15) is 74.5 Å². The van der Waals surface area contributed by atoms with E-state index in [1.165, 1.54) is 68.3 Å². The zero-order valence-corrected chi connectivity index (χ0v) is 15.7. The van der Waals surface area contributed by atoms with Crippen LogP contribution in [0.2, 0.25) is 0 Å². The van der Waals surface area contributed by atoms with E-state index in [0.717, 1.165) is 17.9 Å². The van der Waals surface area contributed by atoms with Crippen LogP contribution in [0.15, 0.2) is 36.5 Å². The molecule has 0 N–H and O–H groups in total. The van der Waals surface area contributed by atoms with E-state index in [0.29, 0.717) is 12.3 Å². The van der Waals surface area contributed by atoms with E-state index in [1.54, 1.807) is 0 Å². The summed E-state index contributed by atoms with van der Waals surface area (Å²) in [5.41, 5.74) is 3.42. The lowest BCUT2D eigenvalue weighted by atomic mass is 9.77. The van der Waals surface area contributed by atoms with Crippen LogP contribution in [0.5, 0.6) is 0 Å². The number of halogens is 2. The van der Waals surface area contributed by atoms with Crippen LogP contribution in [0, 0.1) is 17.7 Å². The Morgan fingerprint density at radius 1 is 0.962 bits per heavy atom. The summed E-state index contributed by atoms with van der Waals surface area (Å²) in [6, 6.07) is 10.1. The van der Waals surface area contributed by atoms with Crippen LogP contribution in [0.4, 0.5) is 8.78 Å². The lowest BCUT2D eigenvalue weighted by molar-refractivity contribution is 0.304. The maximum Gasteiger partial charge on any atom is 0.248 e. The van der Waals surface area contributed by atoms with E-state index in [9.17, 15) is 8.78 Å². The molecule has 3 rings (SSSR count). The molecule has 1 nitrogen and oxygen atoms in total. The van der Waals surface area contributed by atoms with E-state index < -0.39 is 11.8 Å². The molecule has 1 heterocycles. The Labute approximate surface area is 155 Å². The predicted octanol–water partition coefficient (Wildman–Crippen LogP) is 6.61. The molecular weight excluding hydrogens is 328 g/mol.